The number of carbonyl (C=O) groups excluding carboxylic acids is 2. The first kappa shape index (κ1) is 26.3. The van der Waals surface area contributed by atoms with Gasteiger partial charge in [-0.05, 0) is 36.9 Å². The fourth-order valence-corrected chi connectivity index (χ4v) is 8.47. The molecule has 0 bridgehead atoms. The third-order valence-electron chi connectivity index (χ3n) is 7.61. The van der Waals surface area contributed by atoms with Crippen LogP contribution in [0.5, 0.6) is 5.75 Å². The van der Waals surface area contributed by atoms with Crippen molar-refractivity contribution in [1.29, 1.82) is 0 Å². The molecule has 2 aliphatic rings. The van der Waals surface area contributed by atoms with E-state index in [0.29, 0.717) is 23.5 Å². The smallest absolute Gasteiger partial charge is 0.264 e. The van der Waals surface area contributed by atoms with E-state index >= 15 is 4.11 Å². The lowest BCUT2D eigenvalue weighted by molar-refractivity contribution is -0.149. The summed E-state index contributed by atoms with van der Waals surface area (Å²) in [7, 11) is -0.139. The first-order valence-electron chi connectivity index (χ1n) is 12.3. The molecule has 0 aromatic heterocycles. The SMILES string of the molecule is COc1ccc2c(c1)[C@]1(O[C@@H](CC(=O)N(CCO)Cc3ccccc3)[C@H]([Si](C)(C)F)[C@H]1C)C(=O)N2C. The Kier molecular flexibility index (Phi) is 7.27. The van der Waals surface area contributed by atoms with Crippen LogP contribution in [0.4, 0.5) is 9.80 Å². The number of nitrogens with zero attached hydrogens (tertiary/aromatic N) is 2. The summed E-state index contributed by atoms with van der Waals surface area (Å²) in [4.78, 5) is 30.3. The summed E-state index contributed by atoms with van der Waals surface area (Å²) in [5.41, 5.74) is 0.316. The van der Waals surface area contributed by atoms with E-state index in [1.54, 1.807) is 49.2 Å². The number of methoxy groups -OCH3 is 1. The Labute approximate surface area is 213 Å². The molecule has 1 N–H and O–H groups in total. The number of ether oxygens (including phenoxy) is 2. The van der Waals surface area contributed by atoms with Gasteiger partial charge in [0, 0.05) is 37.2 Å². The second-order valence-corrected chi connectivity index (χ2v) is 14.0. The molecule has 0 unspecified atom stereocenters. The zero-order valence-corrected chi connectivity index (χ0v) is 22.5. The standard InChI is InChI=1S/C27H35FN2O5Si/c1-18-25(36(4,5)28)23(16-24(32)30(13-14-31)17-19-9-7-6-8-10-19)35-27(18)21-15-20(34-3)11-12-22(21)29(2)26(27)33/h6-12,15,18,23,25,31H,13-14,16-17H2,1-5H3/t18-,23+,25-,27+/m1/s1. The monoisotopic (exact) mass is 514 g/mol. The fraction of sp³-hybridized carbons (Fsp3) is 0.481. The summed E-state index contributed by atoms with van der Waals surface area (Å²) in [6.45, 7) is 5.38. The van der Waals surface area contributed by atoms with Crippen molar-refractivity contribution in [3.8, 4) is 5.75 Å². The second-order valence-electron chi connectivity index (χ2n) is 10.2. The Morgan fingerprint density at radius 3 is 2.56 bits per heavy atom. The van der Waals surface area contributed by atoms with Crippen LogP contribution >= 0.6 is 0 Å². The van der Waals surface area contributed by atoms with E-state index < -0.39 is 31.6 Å². The van der Waals surface area contributed by atoms with E-state index in [1.807, 2.05) is 43.3 Å². The Morgan fingerprint density at radius 1 is 1.25 bits per heavy atom. The van der Waals surface area contributed by atoms with E-state index in [2.05, 4.69) is 0 Å². The highest BCUT2D eigenvalue weighted by Gasteiger charge is 2.66. The third kappa shape index (κ3) is 4.44. The molecule has 9 heteroatoms. The third-order valence-corrected chi connectivity index (χ3v) is 10.1. The highest BCUT2D eigenvalue weighted by Crippen LogP contribution is 2.60. The van der Waals surface area contributed by atoms with Crippen molar-refractivity contribution >= 4 is 25.9 Å². The summed E-state index contributed by atoms with van der Waals surface area (Å²) < 4.78 is 27.8. The van der Waals surface area contributed by atoms with Gasteiger partial charge in [-0.2, -0.15) is 0 Å². The fourth-order valence-electron chi connectivity index (χ4n) is 5.98. The van der Waals surface area contributed by atoms with Crippen LogP contribution in [-0.2, 0) is 26.5 Å². The predicted octanol–water partition coefficient (Wildman–Crippen LogP) is 3.86. The molecule has 2 aromatic rings. The van der Waals surface area contributed by atoms with Crippen LogP contribution in [0, 0.1) is 5.92 Å². The maximum atomic E-state index is 15.9. The molecule has 36 heavy (non-hydrogen) atoms. The number of aliphatic hydroxyl groups is 1. The van der Waals surface area contributed by atoms with Gasteiger partial charge in [0.2, 0.25) is 14.3 Å². The zero-order valence-electron chi connectivity index (χ0n) is 21.5. The van der Waals surface area contributed by atoms with E-state index in [1.165, 1.54) is 0 Å². The topological polar surface area (TPSA) is 79.3 Å². The second kappa shape index (κ2) is 9.95. The molecule has 0 radical (unpaired) electrons. The van der Waals surface area contributed by atoms with Crippen molar-refractivity contribution in [2.45, 2.75) is 50.2 Å². The number of hydrogen-bond donors (Lipinski definition) is 1. The Bertz CT molecular complexity index is 1120. The molecular formula is C27H35FN2O5Si. The molecule has 2 aliphatic heterocycles. The zero-order chi connectivity index (χ0) is 26.3. The largest absolute Gasteiger partial charge is 0.497 e. The molecule has 0 aliphatic carbocycles. The molecule has 1 spiro atoms. The summed E-state index contributed by atoms with van der Waals surface area (Å²) in [5, 5.41) is 9.60. The van der Waals surface area contributed by atoms with Crippen molar-refractivity contribution in [1.82, 2.24) is 4.90 Å². The van der Waals surface area contributed by atoms with Gasteiger partial charge in [0.1, 0.15) is 5.75 Å². The number of fused-ring (bicyclic) bond motifs is 2. The normalized spacial score (nSPS) is 25.4. The molecule has 1 fully saturated rings. The van der Waals surface area contributed by atoms with E-state index in [9.17, 15) is 14.7 Å². The van der Waals surface area contributed by atoms with Crippen LogP contribution in [0.15, 0.2) is 48.5 Å². The van der Waals surface area contributed by atoms with Crippen LogP contribution in [-0.4, -0.2) is 63.6 Å². The Hall–Kier alpha value is -2.75. The number of carbonyl (C=O) groups is 2. The summed E-state index contributed by atoms with van der Waals surface area (Å²) in [6, 6.07) is 14.9. The van der Waals surface area contributed by atoms with Gasteiger partial charge in [-0.25, -0.2) is 0 Å². The van der Waals surface area contributed by atoms with Gasteiger partial charge in [0.25, 0.3) is 5.91 Å². The molecule has 2 aromatic carbocycles. The van der Waals surface area contributed by atoms with Gasteiger partial charge in [0.15, 0.2) is 5.60 Å². The number of rotatable bonds is 8. The van der Waals surface area contributed by atoms with Gasteiger partial charge >= 0.3 is 0 Å². The molecule has 1 saturated heterocycles. The lowest BCUT2D eigenvalue weighted by Crippen LogP contribution is -2.44. The van der Waals surface area contributed by atoms with Crippen molar-refractivity contribution in [2.75, 3.05) is 32.2 Å². The maximum absolute atomic E-state index is 15.9. The minimum Gasteiger partial charge on any atom is -0.497 e. The molecule has 4 atom stereocenters. The molecule has 0 saturated carbocycles. The number of likely N-dealkylation sites (N-methyl/N-ethyl adjacent to an activating group) is 1. The number of anilines is 1. The summed E-state index contributed by atoms with van der Waals surface area (Å²) >= 11 is 0. The summed E-state index contributed by atoms with van der Waals surface area (Å²) in [5.74, 6) is -0.398. The van der Waals surface area contributed by atoms with Gasteiger partial charge in [-0.3, -0.25) is 9.59 Å². The average Bonchev–Trinajstić information content (AvgIpc) is 3.25. The average molecular weight is 515 g/mol. The number of benzene rings is 2. The Balaban J connectivity index is 1.69. The number of halogens is 1. The van der Waals surface area contributed by atoms with Crippen molar-refractivity contribution in [3.05, 3.63) is 59.7 Å². The molecule has 2 amide bonds. The van der Waals surface area contributed by atoms with Crippen LogP contribution in [0.1, 0.15) is 24.5 Å². The van der Waals surface area contributed by atoms with Crippen LogP contribution in [0.2, 0.25) is 18.6 Å². The minimum atomic E-state index is -3.38. The lowest BCUT2D eigenvalue weighted by Gasteiger charge is -2.31. The van der Waals surface area contributed by atoms with Crippen LogP contribution < -0.4 is 9.64 Å². The van der Waals surface area contributed by atoms with E-state index in [-0.39, 0.29) is 31.4 Å². The van der Waals surface area contributed by atoms with Crippen molar-refractivity contribution in [2.24, 2.45) is 5.92 Å². The van der Waals surface area contributed by atoms with Crippen molar-refractivity contribution in [3.63, 3.8) is 0 Å². The molecule has 7 nitrogen and oxygen atoms in total. The van der Waals surface area contributed by atoms with E-state index in [4.69, 9.17) is 9.47 Å². The number of hydrogen-bond acceptors (Lipinski definition) is 5. The molecular weight excluding hydrogens is 479 g/mol. The molecule has 4 rings (SSSR count). The first-order chi connectivity index (χ1) is 17.0. The highest BCUT2D eigenvalue weighted by molar-refractivity contribution is 6.72. The van der Waals surface area contributed by atoms with Crippen LogP contribution in [0.25, 0.3) is 0 Å². The maximum Gasteiger partial charge on any atom is 0.264 e. The first-order valence-corrected chi connectivity index (χ1v) is 15.3. The van der Waals surface area contributed by atoms with Gasteiger partial charge in [-0.1, -0.05) is 37.3 Å². The molecule has 2 heterocycles. The highest BCUT2D eigenvalue weighted by atomic mass is 28.4. The quantitative estimate of drug-likeness (QED) is 0.428. The van der Waals surface area contributed by atoms with Crippen molar-refractivity contribution < 1.29 is 28.3 Å². The van der Waals surface area contributed by atoms with Crippen LogP contribution in [0.3, 0.4) is 0 Å². The summed E-state index contributed by atoms with van der Waals surface area (Å²) in [6.07, 6.45) is -0.842. The van der Waals surface area contributed by atoms with E-state index in [0.717, 1.165) is 5.56 Å². The van der Waals surface area contributed by atoms with Gasteiger partial charge in [0.05, 0.1) is 31.9 Å². The predicted molar refractivity (Wildman–Crippen MR) is 138 cm³/mol. The van der Waals surface area contributed by atoms with Gasteiger partial charge < -0.3 is 28.5 Å². The number of amides is 2. The minimum absolute atomic E-state index is 0.0692. The lowest BCUT2D eigenvalue weighted by atomic mass is 9.82. The molecule has 194 valence electrons. The van der Waals surface area contributed by atoms with Gasteiger partial charge in [-0.15, -0.1) is 0 Å². The Morgan fingerprint density at radius 2 is 1.94 bits per heavy atom. The number of aliphatic hydroxyl groups excluding tert-OH is 1.